The van der Waals surface area contributed by atoms with Crippen molar-refractivity contribution in [2.24, 2.45) is 17.8 Å². The van der Waals surface area contributed by atoms with E-state index in [4.69, 9.17) is 4.74 Å². The molecule has 1 unspecified atom stereocenters. The maximum Gasteiger partial charge on any atom is 0.321 e. The number of benzene rings is 1. The lowest BCUT2D eigenvalue weighted by Gasteiger charge is -2.30. The van der Waals surface area contributed by atoms with Gasteiger partial charge in [0.25, 0.3) is 0 Å². The van der Waals surface area contributed by atoms with Crippen LogP contribution in [0.5, 0.6) is 11.8 Å². The van der Waals surface area contributed by atoms with Gasteiger partial charge in [-0.25, -0.2) is 9.97 Å². The van der Waals surface area contributed by atoms with E-state index >= 15 is 0 Å². The lowest BCUT2D eigenvalue weighted by Crippen LogP contribution is -2.20. The molecule has 1 atom stereocenters. The van der Waals surface area contributed by atoms with Crippen molar-refractivity contribution in [2.45, 2.75) is 52.4 Å². The molecule has 0 saturated heterocycles. The van der Waals surface area contributed by atoms with Gasteiger partial charge in [0.2, 0.25) is 0 Å². The zero-order chi connectivity index (χ0) is 21.3. The molecule has 1 heterocycles. The Hall–Kier alpha value is -2.21. The summed E-state index contributed by atoms with van der Waals surface area (Å²) >= 11 is 3.32. The Morgan fingerprint density at radius 1 is 1.17 bits per heavy atom. The smallest absolute Gasteiger partial charge is 0.321 e. The topological polar surface area (TPSA) is 72.3 Å². The monoisotopic (exact) mass is 470 g/mol. The van der Waals surface area contributed by atoms with Gasteiger partial charge >= 0.3 is 6.01 Å². The quantitative estimate of drug-likeness (QED) is 0.569. The van der Waals surface area contributed by atoms with Crippen LogP contribution < -0.4 is 4.74 Å². The second kappa shape index (κ2) is 8.88. The number of hydrogen-bond acceptors (Lipinski definition) is 5. The molecule has 1 aromatic heterocycles. The average Bonchev–Trinajstić information content (AvgIpc) is 2.81. The molecular weight excluding hydrogens is 444 g/mol. The Morgan fingerprint density at radius 2 is 1.87 bits per heavy atom. The van der Waals surface area contributed by atoms with Gasteiger partial charge in [0.05, 0.1) is 10.0 Å². The van der Waals surface area contributed by atoms with Crippen LogP contribution in [0, 0.1) is 17.8 Å². The first-order chi connectivity index (χ1) is 14.5. The molecule has 1 fully saturated rings. The summed E-state index contributed by atoms with van der Waals surface area (Å²) in [4.78, 5) is 21.7. The van der Waals surface area contributed by atoms with Gasteiger partial charge in [-0.2, -0.15) is 0 Å². The van der Waals surface area contributed by atoms with Crippen LogP contribution in [-0.2, 0) is 11.2 Å². The van der Waals surface area contributed by atoms with Crippen LogP contribution in [0.4, 0.5) is 0 Å². The number of carbonyl (C=O) groups excluding carboxylic acids is 1. The summed E-state index contributed by atoms with van der Waals surface area (Å²) < 4.78 is 6.61. The molecule has 0 radical (unpaired) electrons. The fraction of sp³-hybridized carbons (Fsp3) is 0.458. The molecule has 0 spiro atoms. The average molecular weight is 471 g/mol. The molecule has 5 nitrogen and oxygen atoms in total. The summed E-state index contributed by atoms with van der Waals surface area (Å²) in [6.07, 6.45) is 8.83. The molecule has 0 aliphatic heterocycles. The number of allylic oxidation sites excluding steroid dienone is 2. The van der Waals surface area contributed by atoms with Gasteiger partial charge in [-0.15, -0.1) is 0 Å². The number of aryl methyl sites for hydroxylation is 1. The van der Waals surface area contributed by atoms with Crippen molar-refractivity contribution in [1.82, 2.24) is 9.97 Å². The van der Waals surface area contributed by atoms with E-state index in [1.54, 1.807) is 12.4 Å². The van der Waals surface area contributed by atoms with Crippen molar-refractivity contribution in [3.05, 3.63) is 52.0 Å². The van der Waals surface area contributed by atoms with Gasteiger partial charge in [0, 0.05) is 24.7 Å². The number of rotatable bonds is 4. The second-order valence-corrected chi connectivity index (χ2v) is 9.33. The highest BCUT2D eigenvalue weighted by Gasteiger charge is 2.35. The second-order valence-electron chi connectivity index (χ2n) is 8.42. The summed E-state index contributed by atoms with van der Waals surface area (Å²) in [5.74, 6) is 1.66. The zero-order valence-corrected chi connectivity index (χ0v) is 19.0. The van der Waals surface area contributed by atoms with Gasteiger partial charge < -0.3 is 9.84 Å². The Morgan fingerprint density at radius 3 is 2.53 bits per heavy atom. The van der Waals surface area contributed by atoms with Gasteiger partial charge in [0.15, 0.2) is 5.78 Å². The third-order valence-electron chi connectivity index (χ3n) is 6.58. The fourth-order valence-corrected chi connectivity index (χ4v) is 4.96. The van der Waals surface area contributed by atoms with E-state index in [0.29, 0.717) is 29.6 Å². The van der Waals surface area contributed by atoms with Crippen molar-refractivity contribution >= 4 is 27.3 Å². The first kappa shape index (κ1) is 21.0. The van der Waals surface area contributed by atoms with Crippen molar-refractivity contribution in [1.29, 1.82) is 0 Å². The SMILES string of the molecule is CCc1ccc(Oc2ncc(Br)cn2)cc1/C1=C(\O)C(C)C2CCC(CC2)CC1=O. The number of aliphatic hydroxyl groups excluding tert-OH is 1. The van der Waals surface area contributed by atoms with Crippen molar-refractivity contribution in [3.8, 4) is 11.8 Å². The number of nitrogens with zero attached hydrogens (tertiary/aromatic N) is 2. The largest absolute Gasteiger partial charge is 0.511 e. The number of hydrogen-bond donors (Lipinski definition) is 1. The van der Waals surface area contributed by atoms with Crippen LogP contribution in [-0.4, -0.2) is 20.9 Å². The van der Waals surface area contributed by atoms with Gasteiger partial charge in [0.1, 0.15) is 11.5 Å². The van der Waals surface area contributed by atoms with Gasteiger partial charge in [-0.3, -0.25) is 4.79 Å². The molecule has 3 aliphatic carbocycles. The van der Waals surface area contributed by atoms with Crippen molar-refractivity contribution in [2.75, 3.05) is 0 Å². The fourth-order valence-electron chi connectivity index (χ4n) is 4.76. The highest BCUT2D eigenvalue weighted by Crippen LogP contribution is 2.43. The maximum atomic E-state index is 13.4. The van der Waals surface area contributed by atoms with E-state index in [1.165, 1.54) is 0 Å². The molecule has 1 N–H and O–H groups in total. The summed E-state index contributed by atoms with van der Waals surface area (Å²) in [7, 11) is 0. The van der Waals surface area contributed by atoms with Crippen LogP contribution >= 0.6 is 15.9 Å². The third kappa shape index (κ3) is 4.29. The molecule has 2 aromatic rings. The molecule has 30 heavy (non-hydrogen) atoms. The molecule has 158 valence electrons. The van der Waals surface area contributed by atoms with Crippen molar-refractivity contribution < 1.29 is 14.6 Å². The molecule has 5 rings (SSSR count). The van der Waals surface area contributed by atoms with Gasteiger partial charge in [-0.1, -0.05) is 19.9 Å². The van der Waals surface area contributed by atoms with Gasteiger partial charge in [-0.05, 0) is 83.1 Å². The molecule has 0 amide bonds. The minimum atomic E-state index is -0.0212. The lowest BCUT2D eigenvalue weighted by molar-refractivity contribution is -0.114. The number of fused-ring (bicyclic) bond motifs is 5. The first-order valence-electron chi connectivity index (χ1n) is 10.7. The normalized spacial score (nSPS) is 26.8. The summed E-state index contributed by atoms with van der Waals surface area (Å²) in [5.41, 5.74) is 2.26. The first-order valence-corrected chi connectivity index (χ1v) is 11.5. The van der Waals surface area contributed by atoms with Crippen molar-refractivity contribution in [3.63, 3.8) is 0 Å². The predicted octanol–water partition coefficient (Wildman–Crippen LogP) is 6.28. The lowest BCUT2D eigenvalue weighted by atomic mass is 9.76. The minimum absolute atomic E-state index is 0.0212. The molecule has 3 aliphatic rings. The van der Waals surface area contributed by atoms with Crippen LogP contribution in [0.15, 0.2) is 40.8 Å². The Bertz CT molecular complexity index is 963. The van der Waals surface area contributed by atoms with E-state index in [1.807, 2.05) is 18.2 Å². The molecule has 6 heteroatoms. The number of ether oxygens (including phenoxy) is 1. The van der Waals surface area contributed by atoms with Crippen LogP contribution in [0.25, 0.3) is 5.57 Å². The molecule has 1 aromatic carbocycles. The van der Waals surface area contributed by atoms with Crippen LogP contribution in [0.2, 0.25) is 0 Å². The van der Waals surface area contributed by atoms with Crippen LogP contribution in [0.1, 0.15) is 57.1 Å². The maximum absolute atomic E-state index is 13.4. The van der Waals surface area contributed by atoms with E-state index in [0.717, 1.165) is 47.7 Å². The van der Waals surface area contributed by atoms with E-state index in [-0.39, 0.29) is 23.5 Å². The van der Waals surface area contributed by atoms with E-state index in [2.05, 4.69) is 39.7 Å². The number of aliphatic hydroxyl groups is 1. The molecule has 2 bridgehead atoms. The number of carbonyl (C=O) groups is 1. The van der Waals surface area contributed by atoms with E-state index < -0.39 is 0 Å². The Balaban J connectivity index is 1.76. The third-order valence-corrected chi connectivity index (χ3v) is 6.99. The highest BCUT2D eigenvalue weighted by molar-refractivity contribution is 9.10. The number of aromatic nitrogens is 2. The standard InChI is InChI=1S/C24H27BrN2O3/c1-3-16-8-9-19(30-24-26-12-18(25)13-27-24)11-20(16)22-21(28)10-15-4-6-17(7-5-15)14(2)23(22)29/h8-9,11-15,17,29H,3-7,10H2,1-2H3/b23-22+. The number of ketones is 1. The number of Topliss-reactive ketones (excluding diaryl/α,β-unsaturated/α-hetero) is 1. The molecule has 1 saturated carbocycles. The Kier molecular flexibility index (Phi) is 6.23. The van der Waals surface area contributed by atoms with E-state index in [9.17, 15) is 9.90 Å². The Labute approximate surface area is 185 Å². The zero-order valence-electron chi connectivity index (χ0n) is 17.4. The molecular formula is C24H27BrN2O3. The summed E-state index contributed by atoms with van der Waals surface area (Å²) in [6, 6.07) is 5.90. The van der Waals surface area contributed by atoms with Crippen LogP contribution in [0.3, 0.4) is 0 Å². The highest BCUT2D eigenvalue weighted by atomic mass is 79.9. The summed E-state index contributed by atoms with van der Waals surface area (Å²) in [5, 5.41) is 11.2. The minimum Gasteiger partial charge on any atom is -0.511 e. The predicted molar refractivity (Wildman–Crippen MR) is 119 cm³/mol. The summed E-state index contributed by atoms with van der Waals surface area (Å²) in [6.45, 7) is 4.11. The number of halogens is 1.